The van der Waals surface area contributed by atoms with Crippen molar-refractivity contribution in [3.05, 3.63) is 30.1 Å². The fourth-order valence-corrected chi connectivity index (χ4v) is 1.48. The van der Waals surface area contributed by atoms with Gasteiger partial charge in [-0.25, -0.2) is 4.39 Å². The number of benzene rings is 1. The molecule has 1 amide bonds. The molecular formula is C14H22ClFN2O3. The summed E-state index contributed by atoms with van der Waals surface area (Å²) in [5.41, 5.74) is 0. The van der Waals surface area contributed by atoms with Gasteiger partial charge >= 0.3 is 0 Å². The minimum Gasteiger partial charge on any atom is -0.489 e. The van der Waals surface area contributed by atoms with E-state index in [1.165, 1.54) is 12.1 Å². The third kappa shape index (κ3) is 9.23. The summed E-state index contributed by atoms with van der Waals surface area (Å²) in [6.07, 6.45) is -0.191. The van der Waals surface area contributed by atoms with Crippen molar-refractivity contribution in [1.82, 2.24) is 10.6 Å². The molecule has 0 aliphatic carbocycles. The van der Waals surface area contributed by atoms with E-state index in [4.69, 9.17) is 9.47 Å². The van der Waals surface area contributed by atoms with E-state index < -0.39 is 0 Å². The van der Waals surface area contributed by atoms with Gasteiger partial charge in [-0.1, -0.05) is 0 Å². The quantitative estimate of drug-likeness (QED) is 0.675. The van der Waals surface area contributed by atoms with Crippen LogP contribution >= 0.6 is 12.4 Å². The summed E-state index contributed by atoms with van der Waals surface area (Å²) < 4.78 is 23.1. The van der Waals surface area contributed by atoms with E-state index in [-0.39, 0.29) is 36.8 Å². The Kier molecular flexibility index (Phi) is 10.6. The second kappa shape index (κ2) is 11.3. The Morgan fingerprint density at radius 3 is 2.62 bits per heavy atom. The zero-order valence-corrected chi connectivity index (χ0v) is 13.0. The molecule has 1 atom stereocenters. The Morgan fingerprint density at radius 2 is 2.00 bits per heavy atom. The van der Waals surface area contributed by atoms with Crippen LogP contribution in [0.5, 0.6) is 5.75 Å². The molecule has 0 bridgehead atoms. The molecule has 0 saturated carbocycles. The maximum Gasteiger partial charge on any atom is 0.234 e. The molecule has 2 N–H and O–H groups in total. The van der Waals surface area contributed by atoms with Gasteiger partial charge in [0.1, 0.15) is 17.7 Å². The highest BCUT2D eigenvalue weighted by molar-refractivity contribution is 5.85. The van der Waals surface area contributed by atoms with Crippen molar-refractivity contribution in [3.63, 3.8) is 0 Å². The van der Waals surface area contributed by atoms with Gasteiger partial charge in [0, 0.05) is 13.7 Å². The minimum atomic E-state index is -0.305. The molecular weight excluding hydrogens is 299 g/mol. The second-order valence-electron chi connectivity index (χ2n) is 4.36. The molecule has 0 heterocycles. The van der Waals surface area contributed by atoms with Crippen molar-refractivity contribution in [2.75, 3.05) is 33.4 Å². The minimum absolute atomic E-state index is 0. The first kappa shape index (κ1) is 19.6. The van der Waals surface area contributed by atoms with Crippen LogP contribution in [0.25, 0.3) is 0 Å². The second-order valence-corrected chi connectivity index (χ2v) is 4.36. The third-order valence-corrected chi connectivity index (χ3v) is 2.51. The van der Waals surface area contributed by atoms with Crippen LogP contribution in [-0.4, -0.2) is 45.4 Å². The average Bonchev–Trinajstić information content (AvgIpc) is 2.44. The van der Waals surface area contributed by atoms with Crippen LogP contribution in [0.15, 0.2) is 24.3 Å². The van der Waals surface area contributed by atoms with E-state index in [0.29, 0.717) is 25.4 Å². The van der Waals surface area contributed by atoms with Crippen LogP contribution in [-0.2, 0) is 9.53 Å². The lowest BCUT2D eigenvalue weighted by atomic mass is 10.3. The third-order valence-electron chi connectivity index (χ3n) is 2.51. The number of ether oxygens (including phenoxy) is 2. The van der Waals surface area contributed by atoms with E-state index >= 15 is 0 Å². The first-order chi connectivity index (χ1) is 9.61. The molecule has 120 valence electrons. The zero-order chi connectivity index (χ0) is 14.8. The van der Waals surface area contributed by atoms with Crippen LogP contribution in [0, 0.1) is 5.82 Å². The fourth-order valence-electron chi connectivity index (χ4n) is 1.48. The van der Waals surface area contributed by atoms with E-state index in [1.807, 2.05) is 6.92 Å². The molecule has 21 heavy (non-hydrogen) atoms. The summed E-state index contributed by atoms with van der Waals surface area (Å²) in [7, 11) is 1.61. The fraction of sp³-hybridized carbons (Fsp3) is 0.500. The van der Waals surface area contributed by atoms with Gasteiger partial charge in [0.25, 0.3) is 0 Å². The Balaban J connectivity index is 0.00000400. The van der Waals surface area contributed by atoms with Crippen LogP contribution in [0.3, 0.4) is 0 Å². The number of hydrogen-bond donors (Lipinski definition) is 2. The van der Waals surface area contributed by atoms with Crippen molar-refractivity contribution in [3.8, 4) is 5.75 Å². The van der Waals surface area contributed by atoms with Gasteiger partial charge < -0.3 is 20.1 Å². The number of halogens is 2. The van der Waals surface area contributed by atoms with Gasteiger partial charge in [-0.05, 0) is 31.2 Å². The number of hydrogen-bond acceptors (Lipinski definition) is 4. The molecule has 0 saturated heterocycles. The standard InChI is InChI=1S/C14H21FN2O3.ClH/c1-11(20-13-5-3-12(15)4-6-13)9-17-14(18)10-16-7-8-19-2;/h3-6,11,16H,7-10H2,1-2H3,(H,17,18);1H. The number of methoxy groups -OCH3 is 1. The molecule has 0 radical (unpaired) electrons. The molecule has 0 spiro atoms. The van der Waals surface area contributed by atoms with Crippen LogP contribution in [0.1, 0.15) is 6.92 Å². The van der Waals surface area contributed by atoms with E-state index in [0.717, 1.165) is 0 Å². The lowest BCUT2D eigenvalue weighted by Gasteiger charge is -2.15. The first-order valence-corrected chi connectivity index (χ1v) is 6.50. The van der Waals surface area contributed by atoms with Crippen molar-refractivity contribution in [2.24, 2.45) is 0 Å². The normalized spacial score (nSPS) is 11.4. The van der Waals surface area contributed by atoms with Gasteiger partial charge in [0.15, 0.2) is 0 Å². The molecule has 5 nitrogen and oxygen atoms in total. The summed E-state index contributed by atoms with van der Waals surface area (Å²) in [6, 6.07) is 5.78. The number of amides is 1. The van der Waals surface area contributed by atoms with E-state index in [1.54, 1.807) is 19.2 Å². The number of nitrogens with one attached hydrogen (secondary N) is 2. The lowest BCUT2D eigenvalue weighted by Crippen LogP contribution is -2.39. The summed E-state index contributed by atoms with van der Waals surface area (Å²) in [4.78, 5) is 11.5. The van der Waals surface area contributed by atoms with Gasteiger partial charge in [-0.2, -0.15) is 0 Å². The Bertz CT molecular complexity index is 404. The Morgan fingerprint density at radius 1 is 1.33 bits per heavy atom. The monoisotopic (exact) mass is 320 g/mol. The summed E-state index contributed by atoms with van der Waals surface area (Å²) in [5.74, 6) is 0.169. The predicted molar refractivity (Wildman–Crippen MR) is 81.5 cm³/mol. The van der Waals surface area contributed by atoms with Gasteiger partial charge in [-0.15, -0.1) is 12.4 Å². The highest BCUT2D eigenvalue weighted by Gasteiger charge is 2.06. The van der Waals surface area contributed by atoms with Crippen LogP contribution < -0.4 is 15.4 Å². The van der Waals surface area contributed by atoms with Crippen molar-refractivity contribution >= 4 is 18.3 Å². The van der Waals surface area contributed by atoms with Crippen molar-refractivity contribution in [1.29, 1.82) is 0 Å². The van der Waals surface area contributed by atoms with E-state index in [2.05, 4.69) is 10.6 Å². The van der Waals surface area contributed by atoms with Crippen molar-refractivity contribution in [2.45, 2.75) is 13.0 Å². The molecule has 1 aromatic rings. The summed E-state index contributed by atoms with van der Waals surface area (Å²) >= 11 is 0. The lowest BCUT2D eigenvalue weighted by molar-refractivity contribution is -0.120. The topological polar surface area (TPSA) is 59.6 Å². The molecule has 0 aromatic heterocycles. The molecule has 1 rings (SSSR count). The molecule has 0 fully saturated rings. The van der Waals surface area contributed by atoms with Gasteiger partial charge in [0.2, 0.25) is 5.91 Å². The van der Waals surface area contributed by atoms with Gasteiger partial charge in [-0.3, -0.25) is 4.79 Å². The highest BCUT2D eigenvalue weighted by atomic mass is 35.5. The molecule has 0 aliphatic rings. The van der Waals surface area contributed by atoms with Crippen LogP contribution in [0.4, 0.5) is 4.39 Å². The number of carbonyl (C=O) groups is 1. The molecule has 7 heteroatoms. The predicted octanol–water partition coefficient (Wildman–Crippen LogP) is 1.37. The first-order valence-electron chi connectivity index (χ1n) is 6.50. The average molecular weight is 321 g/mol. The Hall–Kier alpha value is -1.37. The number of carbonyl (C=O) groups excluding carboxylic acids is 1. The molecule has 1 unspecified atom stereocenters. The number of rotatable bonds is 9. The maximum absolute atomic E-state index is 12.7. The Labute approximate surface area is 130 Å². The summed E-state index contributed by atoms with van der Waals surface area (Å²) in [6.45, 7) is 3.67. The largest absolute Gasteiger partial charge is 0.489 e. The highest BCUT2D eigenvalue weighted by Crippen LogP contribution is 2.12. The SMILES string of the molecule is COCCNCC(=O)NCC(C)Oc1ccc(F)cc1.Cl. The smallest absolute Gasteiger partial charge is 0.234 e. The van der Waals surface area contributed by atoms with Crippen LogP contribution in [0.2, 0.25) is 0 Å². The molecule has 0 aliphatic heterocycles. The zero-order valence-electron chi connectivity index (χ0n) is 12.2. The molecule has 1 aromatic carbocycles. The summed E-state index contributed by atoms with van der Waals surface area (Å²) in [5, 5.41) is 5.70. The van der Waals surface area contributed by atoms with E-state index in [9.17, 15) is 9.18 Å². The maximum atomic E-state index is 12.7. The van der Waals surface area contributed by atoms with Gasteiger partial charge in [0.05, 0.1) is 19.7 Å². The van der Waals surface area contributed by atoms with Crippen molar-refractivity contribution < 1.29 is 18.7 Å².